The van der Waals surface area contributed by atoms with Crippen molar-refractivity contribution in [2.45, 2.75) is 73.1 Å². The normalized spacial score (nSPS) is 15.9. The number of halogens is 1. The Morgan fingerprint density at radius 2 is 1.81 bits per heavy atom. The van der Waals surface area contributed by atoms with Crippen LogP contribution in [0.4, 0.5) is 10.2 Å². The molecule has 1 aromatic carbocycles. The van der Waals surface area contributed by atoms with Gasteiger partial charge in [0.15, 0.2) is 5.65 Å². The minimum atomic E-state index is -0.283. The molecule has 1 unspecified atom stereocenters. The van der Waals surface area contributed by atoms with E-state index in [4.69, 9.17) is 15.1 Å². The molecule has 1 fully saturated rings. The number of nitrogens with zero attached hydrogens (tertiary/aromatic N) is 6. The lowest BCUT2D eigenvalue weighted by atomic mass is 9.91. The van der Waals surface area contributed by atoms with Crippen LogP contribution in [-0.4, -0.2) is 56.7 Å². The van der Waals surface area contributed by atoms with Crippen LogP contribution in [0, 0.1) is 18.2 Å². The van der Waals surface area contributed by atoms with Crippen LogP contribution in [0.2, 0.25) is 0 Å². The van der Waals surface area contributed by atoms with Gasteiger partial charge in [0.2, 0.25) is 5.91 Å². The van der Waals surface area contributed by atoms with Crippen LogP contribution in [0.25, 0.3) is 16.7 Å². The number of hydrogen-bond donors (Lipinski definition) is 0. The lowest BCUT2D eigenvalue weighted by Crippen LogP contribution is -2.37. The topological polar surface area (TPSA) is 67.2 Å². The Labute approximate surface area is 213 Å². The third-order valence-electron chi connectivity index (χ3n) is 6.76. The Morgan fingerprint density at radius 1 is 1.08 bits per heavy atom. The van der Waals surface area contributed by atoms with Gasteiger partial charge in [0, 0.05) is 38.5 Å². The van der Waals surface area contributed by atoms with Crippen LogP contribution in [0.15, 0.2) is 24.3 Å². The first kappa shape index (κ1) is 26.0. The standard InChI is InChI=1S/C28H39FN6O/c1-7-9-19(2)25-30-26(34-15-8-14-33(16-17-34)23(36)18-28(4,5)6)24-20(3)32-35(27(24)31-25)22-12-10-21(29)11-13-22/h10-13,19H,7-9,14-18H2,1-6H3. The van der Waals surface area contributed by atoms with E-state index in [0.717, 1.165) is 66.4 Å². The third-order valence-corrected chi connectivity index (χ3v) is 6.76. The number of hydrogen-bond acceptors (Lipinski definition) is 5. The Balaban J connectivity index is 1.74. The van der Waals surface area contributed by atoms with Crippen molar-refractivity contribution in [3.63, 3.8) is 0 Å². The van der Waals surface area contributed by atoms with E-state index >= 15 is 0 Å². The lowest BCUT2D eigenvalue weighted by Gasteiger charge is -2.26. The molecule has 1 aliphatic rings. The second-order valence-electron chi connectivity index (χ2n) is 11.2. The van der Waals surface area contributed by atoms with Crippen molar-refractivity contribution >= 4 is 22.8 Å². The molecule has 36 heavy (non-hydrogen) atoms. The van der Waals surface area contributed by atoms with E-state index in [0.29, 0.717) is 19.5 Å². The zero-order chi connectivity index (χ0) is 26.0. The minimum Gasteiger partial charge on any atom is -0.354 e. The molecular weight excluding hydrogens is 455 g/mol. The fraction of sp³-hybridized carbons (Fsp3) is 0.571. The molecule has 1 amide bonds. The quantitative estimate of drug-likeness (QED) is 0.444. The molecule has 7 nitrogen and oxygen atoms in total. The van der Waals surface area contributed by atoms with Gasteiger partial charge in [0.25, 0.3) is 0 Å². The zero-order valence-electron chi connectivity index (χ0n) is 22.5. The summed E-state index contributed by atoms with van der Waals surface area (Å²) in [6.45, 7) is 15.6. The molecule has 0 bridgehead atoms. The molecular formula is C28H39FN6O. The number of rotatable bonds is 6. The smallest absolute Gasteiger partial charge is 0.223 e. The zero-order valence-corrected chi connectivity index (χ0v) is 22.5. The van der Waals surface area contributed by atoms with Crippen molar-refractivity contribution in [2.24, 2.45) is 5.41 Å². The molecule has 2 aromatic heterocycles. The molecule has 0 radical (unpaired) electrons. The molecule has 8 heteroatoms. The number of carbonyl (C=O) groups is 1. The average molecular weight is 495 g/mol. The molecule has 194 valence electrons. The fourth-order valence-corrected chi connectivity index (χ4v) is 4.90. The van der Waals surface area contributed by atoms with E-state index < -0.39 is 0 Å². The second-order valence-corrected chi connectivity index (χ2v) is 11.2. The van der Waals surface area contributed by atoms with E-state index in [1.54, 1.807) is 16.8 Å². The first-order valence-corrected chi connectivity index (χ1v) is 13.1. The number of aromatic nitrogens is 4. The van der Waals surface area contributed by atoms with Gasteiger partial charge in [-0.1, -0.05) is 41.0 Å². The van der Waals surface area contributed by atoms with Gasteiger partial charge in [0.05, 0.1) is 16.8 Å². The Hall–Kier alpha value is -3.03. The molecule has 0 spiro atoms. The predicted octanol–water partition coefficient (Wildman–Crippen LogP) is 5.64. The highest BCUT2D eigenvalue weighted by Gasteiger charge is 2.27. The summed E-state index contributed by atoms with van der Waals surface area (Å²) in [7, 11) is 0. The Morgan fingerprint density at radius 3 is 2.47 bits per heavy atom. The first-order valence-electron chi connectivity index (χ1n) is 13.1. The molecule has 0 aliphatic carbocycles. The summed E-state index contributed by atoms with van der Waals surface area (Å²) in [6, 6.07) is 6.34. The van der Waals surface area contributed by atoms with Crippen LogP contribution in [0.3, 0.4) is 0 Å². The largest absolute Gasteiger partial charge is 0.354 e. The van der Waals surface area contributed by atoms with Crippen LogP contribution < -0.4 is 4.90 Å². The second kappa shape index (κ2) is 10.5. The summed E-state index contributed by atoms with van der Waals surface area (Å²) in [5.41, 5.74) is 2.32. The third kappa shape index (κ3) is 5.68. The molecule has 4 rings (SSSR count). The predicted molar refractivity (Wildman–Crippen MR) is 142 cm³/mol. The number of fused-ring (bicyclic) bond motifs is 1. The highest BCUT2D eigenvalue weighted by molar-refractivity contribution is 5.91. The number of carbonyl (C=O) groups excluding carboxylic acids is 1. The highest BCUT2D eigenvalue weighted by atomic mass is 19.1. The van der Waals surface area contributed by atoms with E-state index in [-0.39, 0.29) is 23.1 Å². The molecule has 0 N–H and O–H groups in total. The maximum absolute atomic E-state index is 13.6. The number of anilines is 1. The van der Waals surface area contributed by atoms with Gasteiger partial charge in [-0.3, -0.25) is 4.79 Å². The maximum Gasteiger partial charge on any atom is 0.223 e. The Kier molecular flexibility index (Phi) is 7.62. The van der Waals surface area contributed by atoms with E-state index in [1.165, 1.54) is 12.1 Å². The number of amides is 1. The summed E-state index contributed by atoms with van der Waals surface area (Å²) in [6.07, 6.45) is 3.46. The van der Waals surface area contributed by atoms with Crippen molar-refractivity contribution in [3.05, 3.63) is 41.6 Å². The van der Waals surface area contributed by atoms with E-state index in [1.807, 2.05) is 11.8 Å². The first-order chi connectivity index (χ1) is 17.1. The van der Waals surface area contributed by atoms with E-state index in [9.17, 15) is 9.18 Å². The van der Waals surface area contributed by atoms with Gasteiger partial charge in [0.1, 0.15) is 17.5 Å². The van der Waals surface area contributed by atoms with E-state index in [2.05, 4.69) is 39.5 Å². The molecule has 3 heterocycles. The summed E-state index contributed by atoms with van der Waals surface area (Å²) in [5, 5.41) is 5.72. The lowest BCUT2D eigenvalue weighted by molar-refractivity contribution is -0.132. The molecule has 3 aromatic rings. The van der Waals surface area contributed by atoms with Crippen molar-refractivity contribution in [1.29, 1.82) is 0 Å². The summed E-state index contributed by atoms with van der Waals surface area (Å²) in [4.78, 5) is 27.3. The SMILES string of the molecule is CCCC(C)c1nc(N2CCCN(C(=O)CC(C)(C)C)CC2)c2c(C)nn(-c3ccc(F)cc3)c2n1. The Bertz CT molecular complexity index is 1210. The monoisotopic (exact) mass is 494 g/mol. The van der Waals surface area contributed by atoms with Crippen molar-refractivity contribution in [3.8, 4) is 5.69 Å². The number of benzene rings is 1. The van der Waals surface area contributed by atoms with Crippen LogP contribution in [0.5, 0.6) is 0 Å². The molecule has 1 atom stereocenters. The highest BCUT2D eigenvalue weighted by Crippen LogP contribution is 2.32. The van der Waals surface area contributed by atoms with Crippen LogP contribution in [-0.2, 0) is 4.79 Å². The van der Waals surface area contributed by atoms with Crippen molar-refractivity contribution in [1.82, 2.24) is 24.6 Å². The van der Waals surface area contributed by atoms with Gasteiger partial charge >= 0.3 is 0 Å². The summed E-state index contributed by atoms with van der Waals surface area (Å²) < 4.78 is 15.4. The van der Waals surface area contributed by atoms with Gasteiger partial charge in [-0.25, -0.2) is 19.0 Å². The van der Waals surface area contributed by atoms with Crippen LogP contribution >= 0.6 is 0 Å². The van der Waals surface area contributed by atoms with Gasteiger partial charge < -0.3 is 9.80 Å². The summed E-state index contributed by atoms with van der Waals surface area (Å²) >= 11 is 0. The van der Waals surface area contributed by atoms with Gasteiger partial charge in [-0.05, 0) is 49.4 Å². The molecule has 1 aliphatic heterocycles. The van der Waals surface area contributed by atoms with Gasteiger partial charge in [-0.2, -0.15) is 5.10 Å². The molecule has 0 saturated carbocycles. The minimum absolute atomic E-state index is 0.0295. The number of aryl methyl sites for hydroxylation is 1. The van der Waals surface area contributed by atoms with Gasteiger partial charge in [-0.15, -0.1) is 0 Å². The van der Waals surface area contributed by atoms with Crippen molar-refractivity contribution in [2.75, 3.05) is 31.1 Å². The maximum atomic E-state index is 13.6. The molecule has 1 saturated heterocycles. The average Bonchev–Trinajstić information content (AvgIpc) is 2.98. The summed E-state index contributed by atoms with van der Waals surface area (Å²) in [5.74, 6) is 1.82. The van der Waals surface area contributed by atoms with Crippen molar-refractivity contribution < 1.29 is 9.18 Å². The fourth-order valence-electron chi connectivity index (χ4n) is 4.90. The van der Waals surface area contributed by atoms with Crippen LogP contribution in [0.1, 0.15) is 77.7 Å².